The van der Waals surface area contributed by atoms with Gasteiger partial charge in [-0.2, -0.15) is 0 Å². The monoisotopic (exact) mass is 336 g/mol. The van der Waals surface area contributed by atoms with E-state index in [9.17, 15) is 9.59 Å². The SMILES string of the molecule is Cc1cc(CCCC(=O)NCc2cn(CC(=O)O)nn2)c(C)s1. The summed E-state index contributed by atoms with van der Waals surface area (Å²) in [4.78, 5) is 25.0. The molecule has 1 amide bonds. The van der Waals surface area contributed by atoms with E-state index in [4.69, 9.17) is 5.11 Å². The summed E-state index contributed by atoms with van der Waals surface area (Å²) < 4.78 is 1.23. The Hall–Kier alpha value is -2.22. The highest BCUT2D eigenvalue weighted by Gasteiger charge is 2.08. The molecule has 0 fully saturated rings. The molecule has 0 aromatic carbocycles. The van der Waals surface area contributed by atoms with Crippen LogP contribution in [0.2, 0.25) is 0 Å². The second-order valence-corrected chi connectivity index (χ2v) is 6.83. The van der Waals surface area contributed by atoms with Crippen molar-refractivity contribution in [3.05, 3.63) is 33.3 Å². The number of nitrogens with zero attached hydrogens (tertiary/aromatic N) is 3. The van der Waals surface area contributed by atoms with E-state index < -0.39 is 5.97 Å². The van der Waals surface area contributed by atoms with Gasteiger partial charge in [0.15, 0.2) is 0 Å². The van der Waals surface area contributed by atoms with Crippen LogP contribution in [0.4, 0.5) is 0 Å². The molecule has 7 nitrogen and oxygen atoms in total. The number of carboxylic acids is 1. The van der Waals surface area contributed by atoms with Crippen molar-refractivity contribution >= 4 is 23.2 Å². The number of carbonyl (C=O) groups excluding carboxylic acids is 1. The van der Waals surface area contributed by atoms with Crippen molar-refractivity contribution < 1.29 is 14.7 Å². The molecule has 2 aromatic heterocycles. The fourth-order valence-electron chi connectivity index (χ4n) is 2.28. The highest BCUT2D eigenvalue weighted by atomic mass is 32.1. The molecule has 0 unspecified atom stereocenters. The number of carbonyl (C=O) groups is 2. The van der Waals surface area contributed by atoms with E-state index in [1.807, 2.05) is 0 Å². The molecular weight excluding hydrogens is 316 g/mol. The molecule has 0 aliphatic rings. The lowest BCUT2D eigenvalue weighted by Gasteiger charge is -2.03. The van der Waals surface area contributed by atoms with E-state index in [1.165, 1.54) is 26.2 Å². The molecule has 2 aromatic rings. The summed E-state index contributed by atoms with van der Waals surface area (Å²) in [5, 5.41) is 18.9. The van der Waals surface area contributed by atoms with Gasteiger partial charge >= 0.3 is 5.97 Å². The van der Waals surface area contributed by atoms with Crippen LogP contribution in [0.15, 0.2) is 12.3 Å². The number of rotatable bonds is 8. The van der Waals surface area contributed by atoms with Gasteiger partial charge < -0.3 is 10.4 Å². The first-order chi connectivity index (χ1) is 10.9. The molecule has 0 bridgehead atoms. The third-order valence-electron chi connectivity index (χ3n) is 3.34. The molecule has 2 rings (SSSR count). The van der Waals surface area contributed by atoms with E-state index in [1.54, 1.807) is 11.3 Å². The smallest absolute Gasteiger partial charge is 0.325 e. The van der Waals surface area contributed by atoms with Crippen LogP contribution in [0.3, 0.4) is 0 Å². The van der Waals surface area contributed by atoms with Crippen molar-refractivity contribution in [3.63, 3.8) is 0 Å². The molecule has 2 N–H and O–H groups in total. The molecule has 0 atom stereocenters. The minimum atomic E-state index is -0.982. The second-order valence-electron chi connectivity index (χ2n) is 5.37. The summed E-state index contributed by atoms with van der Waals surface area (Å²) in [6, 6.07) is 2.18. The van der Waals surface area contributed by atoms with Crippen LogP contribution in [-0.2, 0) is 29.1 Å². The lowest BCUT2D eigenvalue weighted by Crippen LogP contribution is -2.22. The Labute approximate surface area is 138 Å². The summed E-state index contributed by atoms with van der Waals surface area (Å²) >= 11 is 1.78. The number of thiophene rings is 1. The van der Waals surface area contributed by atoms with Crippen molar-refractivity contribution in [1.29, 1.82) is 0 Å². The Morgan fingerprint density at radius 2 is 2.17 bits per heavy atom. The summed E-state index contributed by atoms with van der Waals surface area (Å²) in [5.41, 5.74) is 1.86. The molecule has 0 aliphatic carbocycles. The van der Waals surface area contributed by atoms with E-state index in [-0.39, 0.29) is 19.0 Å². The number of aliphatic carboxylic acids is 1. The maximum absolute atomic E-state index is 11.8. The van der Waals surface area contributed by atoms with E-state index in [0.717, 1.165) is 12.8 Å². The molecular formula is C15H20N4O3S. The molecule has 0 saturated carbocycles. The van der Waals surface area contributed by atoms with Crippen LogP contribution in [0.1, 0.15) is 33.9 Å². The molecule has 0 aliphatic heterocycles. The minimum absolute atomic E-state index is 0.0395. The Morgan fingerprint density at radius 3 is 2.83 bits per heavy atom. The first-order valence-electron chi connectivity index (χ1n) is 7.37. The van der Waals surface area contributed by atoms with Crippen LogP contribution in [0.5, 0.6) is 0 Å². The largest absolute Gasteiger partial charge is 0.480 e. The second kappa shape index (κ2) is 7.87. The zero-order valence-corrected chi connectivity index (χ0v) is 14.0. The molecule has 0 spiro atoms. The van der Waals surface area contributed by atoms with Crippen molar-refractivity contribution in [2.75, 3.05) is 0 Å². The fraction of sp³-hybridized carbons (Fsp3) is 0.467. The van der Waals surface area contributed by atoms with Crippen LogP contribution < -0.4 is 5.32 Å². The quantitative estimate of drug-likeness (QED) is 0.764. The summed E-state index contributed by atoms with van der Waals surface area (Å²) in [6.07, 6.45) is 3.68. The number of hydrogen-bond acceptors (Lipinski definition) is 5. The molecule has 0 radical (unpaired) electrons. The first kappa shape index (κ1) is 17.1. The van der Waals surface area contributed by atoms with Crippen molar-refractivity contribution in [2.45, 2.75) is 46.2 Å². The van der Waals surface area contributed by atoms with Gasteiger partial charge in [-0.05, 0) is 38.3 Å². The van der Waals surface area contributed by atoms with Gasteiger partial charge in [0.05, 0.1) is 12.7 Å². The summed E-state index contributed by atoms with van der Waals surface area (Å²) in [7, 11) is 0. The minimum Gasteiger partial charge on any atom is -0.480 e. The predicted octanol–water partition coefficient (Wildman–Crippen LogP) is 1.68. The van der Waals surface area contributed by atoms with Gasteiger partial charge in [0.2, 0.25) is 5.91 Å². The lowest BCUT2D eigenvalue weighted by atomic mass is 10.1. The maximum Gasteiger partial charge on any atom is 0.325 e. The standard InChI is InChI=1S/C15H20N4O3S/c1-10-6-12(11(2)23-10)4-3-5-14(20)16-7-13-8-19(18-17-13)9-15(21)22/h6,8H,3-5,7,9H2,1-2H3,(H,16,20)(H,21,22). The molecule has 23 heavy (non-hydrogen) atoms. The Bertz CT molecular complexity index is 693. The average molecular weight is 336 g/mol. The zero-order valence-electron chi connectivity index (χ0n) is 13.2. The molecule has 124 valence electrons. The number of aromatic nitrogens is 3. The van der Waals surface area contributed by atoms with Crippen LogP contribution in [0.25, 0.3) is 0 Å². The Kier molecular flexibility index (Phi) is 5.86. The van der Waals surface area contributed by atoms with Gasteiger partial charge in [0.25, 0.3) is 0 Å². The van der Waals surface area contributed by atoms with Gasteiger partial charge in [-0.1, -0.05) is 5.21 Å². The number of hydrogen-bond donors (Lipinski definition) is 2. The lowest BCUT2D eigenvalue weighted by molar-refractivity contribution is -0.138. The van der Waals surface area contributed by atoms with Gasteiger partial charge in [-0.25, -0.2) is 4.68 Å². The summed E-state index contributed by atoms with van der Waals surface area (Å²) in [6.45, 7) is 4.22. The maximum atomic E-state index is 11.8. The highest BCUT2D eigenvalue weighted by Crippen LogP contribution is 2.22. The highest BCUT2D eigenvalue weighted by molar-refractivity contribution is 7.12. The zero-order chi connectivity index (χ0) is 16.8. The number of aryl methyl sites for hydroxylation is 3. The Morgan fingerprint density at radius 1 is 1.39 bits per heavy atom. The molecule has 2 heterocycles. The molecule has 0 saturated heterocycles. The number of nitrogens with one attached hydrogen (secondary N) is 1. The molecule has 8 heteroatoms. The van der Waals surface area contributed by atoms with E-state index >= 15 is 0 Å². The summed E-state index contributed by atoms with van der Waals surface area (Å²) in [5.74, 6) is -1.02. The number of carboxylic acid groups (broad SMARTS) is 1. The van der Waals surface area contributed by atoms with Gasteiger partial charge in [-0.15, -0.1) is 16.4 Å². The van der Waals surface area contributed by atoms with Crippen molar-refractivity contribution in [3.8, 4) is 0 Å². The first-order valence-corrected chi connectivity index (χ1v) is 8.19. The van der Waals surface area contributed by atoms with Gasteiger partial charge in [0.1, 0.15) is 12.2 Å². The normalized spacial score (nSPS) is 10.7. The third kappa shape index (κ3) is 5.48. The van der Waals surface area contributed by atoms with Crippen LogP contribution >= 0.6 is 11.3 Å². The van der Waals surface area contributed by atoms with Gasteiger partial charge in [-0.3, -0.25) is 9.59 Å². The topological polar surface area (TPSA) is 97.1 Å². The predicted molar refractivity (Wildman–Crippen MR) is 86.2 cm³/mol. The Balaban J connectivity index is 1.69. The van der Waals surface area contributed by atoms with Crippen LogP contribution in [0, 0.1) is 13.8 Å². The van der Waals surface area contributed by atoms with Crippen LogP contribution in [-0.4, -0.2) is 32.0 Å². The van der Waals surface area contributed by atoms with Gasteiger partial charge in [0, 0.05) is 16.2 Å². The average Bonchev–Trinajstić information content (AvgIpc) is 3.03. The third-order valence-corrected chi connectivity index (χ3v) is 4.35. The van der Waals surface area contributed by atoms with E-state index in [2.05, 4.69) is 35.5 Å². The van der Waals surface area contributed by atoms with Crippen molar-refractivity contribution in [2.24, 2.45) is 0 Å². The fourth-order valence-corrected chi connectivity index (χ4v) is 3.26. The van der Waals surface area contributed by atoms with Crippen molar-refractivity contribution in [1.82, 2.24) is 20.3 Å². The number of amides is 1. The van der Waals surface area contributed by atoms with E-state index in [0.29, 0.717) is 12.1 Å².